The molecule has 0 amide bonds. The molecule has 1 N–H and O–H groups in total. The molecule has 0 saturated heterocycles. The number of benzene rings is 1. The van der Waals surface area contributed by atoms with E-state index in [0.29, 0.717) is 13.0 Å². The molecular weight excluding hydrogens is 232 g/mol. The smallest absolute Gasteiger partial charge is 0.254 e. The van der Waals surface area contributed by atoms with Gasteiger partial charge in [-0.2, -0.15) is 0 Å². The fourth-order valence-corrected chi connectivity index (χ4v) is 1.99. The van der Waals surface area contributed by atoms with E-state index < -0.39 is 12.5 Å². The minimum absolute atomic E-state index is 0.441. The molecule has 0 spiro atoms. The summed E-state index contributed by atoms with van der Waals surface area (Å²) in [7, 11) is 0. The van der Waals surface area contributed by atoms with E-state index in [1.165, 1.54) is 17.5 Å². The van der Waals surface area contributed by atoms with E-state index >= 15 is 0 Å². The van der Waals surface area contributed by atoms with Gasteiger partial charge in [-0.15, -0.1) is 0 Å². The third-order valence-electron chi connectivity index (χ3n) is 2.98. The van der Waals surface area contributed by atoms with Crippen molar-refractivity contribution >= 4 is 0 Å². The summed E-state index contributed by atoms with van der Waals surface area (Å²) in [5.74, 6) is 0. The van der Waals surface area contributed by atoms with Crippen molar-refractivity contribution in [3.63, 3.8) is 0 Å². The van der Waals surface area contributed by atoms with Crippen LogP contribution in [0.15, 0.2) is 18.2 Å². The minimum atomic E-state index is -2.27. The first-order valence-corrected chi connectivity index (χ1v) is 6.74. The van der Waals surface area contributed by atoms with E-state index in [4.69, 9.17) is 0 Å². The van der Waals surface area contributed by atoms with Gasteiger partial charge in [0.05, 0.1) is 6.04 Å². The Morgan fingerprint density at radius 2 is 1.89 bits per heavy atom. The highest BCUT2D eigenvalue weighted by Crippen LogP contribution is 2.21. The van der Waals surface area contributed by atoms with E-state index in [2.05, 4.69) is 32.2 Å². The van der Waals surface area contributed by atoms with Crippen molar-refractivity contribution in [1.82, 2.24) is 5.32 Å². The first-order valence-electron chi connectivity index (χ1n) is 6.74. The van der Waals surface area contributed by atoms with Crippen LogP contribution in [-0.2, 0) is 19.4 Å². The van der Waals surface area contributed by atoms with E-state index in [1.54, 1.807) is 0 Å². The summed E-state index contributed by atoms with van der Waals surface area (Å²) in [6.45, 7) is 6.91. The summed E-state index contributed by atoms with van der Waals surface area (Å²) in [6, 6.07) is 5.46. The highest BCUT2D eigenvalue weighted by molar-refractivity contribution is 5.34. The van der Waals surface area contributed by atoms with Crippen molar-refractivity contribution in [2.24, 2.45) is 0 Å². The van der Waals surface area contributed by atoms with Crippen LogP contribution in [0.5, 0.6) is 0 Å². The second kappa shape index (κ2) is 7.47. The van der Waals surface area contributed by atoms with Crippen molar-refractivity contribution in [2.45, 2.75) is 59.0 Å². The normalized spacial score (nSPS) is 18.0. The van der Waals surface area contributed by atoms with Gasteiger partial charge < -0.3 is 5.32 Å². The predicted octanol–water partition coefficient (Wildman–Crippen LogP) is 3.94. The largest absolute Gasteiger partial charge is 0.304 e. The molecule has 1 aliphatic rings. The molecule has 1 unspecified atom stereocenters. The second-order valence-electron chi connectivity index (χ2n) is 4.69. The Balaban J connectivity index is 0.000000492. The molecule has 0 fully saturated rings. The van der Waals surface area contributed by atoms with Crippen LogP contribution >= 0.6 is 0 Å². The van der Waals surface area contributed by atoms with Gasteiger partial charge in [0.1, 0.15) is 0 Å². The van der Waals surface area contributed by atoms with E-state index in [1.807, 2.05) is 12.1 Å². The molecule has 1 aromatic rings. The van der Waals surface area contributed by atoms with Gasteiger partial charge >= 0.3 is 0 Å². The lowest BCUT2D eigenvalue weighted by Crippen LogP contribution is -2.40. The van der Waals surface area contributed by atoms with Gasteiger partial charge in [-0.1, -0.05) is 45.4 Å². The highest BCUT2D eigenvalue weighted by Gasteiger charge is 2.25. The van der Waals surface area contributed by atoms with Crippen molar-refractivity contribution in [3.8, 4) is 0 Å². The molecule has 102 valence electrons. The molecule has 1 nitrogen and oxygen atoms in total. The van der Waals surface area contributed by atoms with Gasteiger partial charge in [0.2, 0.25) is 0 Å². The molecule has 1 aromatic carbocycles. The highest BCUT2D eigenvalue weighted by atomic mass is 19.3. The summed E-state index contributed by atoms with van der Waals surface area (Å²) >= 11 is 0. The van der Waals surface area contributed by atoms with Crippen LogP contribution in [-0.4, -0.2) is 12.5 Å². The monoisotopic (exact) mass is 255 g/mol. The lowest BCUT2D eigenvalue weighted by Gasteiger charge is -2.25. The SMILES string of the molecule is CCC.CCc1ccc2c(c1)CNC(C(F)F)C2. The lowest BCUT2D eigenvalue weighted by atomic mass is 9.94. The average molecular weight is 255 g/mol. The quantitative estimate of drug-likeness (QED) is 0.844. The Morgan fingerprint density at radius 3 is 2.44 bits per heavy atom. The maximum Gasteiger partial charge on any atom is 0.254 e. The summed E-state index contributed by atoms with van der Waals surface area (Å²) in [5.41, 5.74) is 3.51. The van der Waals surface area contributed by atoms with Gasteiger partial charge in [0.25, 0.3) is 6.43 Å². The Hall–Kier alpha value is -0.960. The van der Waals surface area contributed by atoms with E-state index in [0.717, 1.165) is 12.0 Å². The molecule has 3 heteroatoms. The van der Waals surface area contributed by atoms with Crippen LogP contribution in [0.4, 0.5) is 8.78 Å². The van der Waals surface area contributed by atoms with Crippen LogP contribution in [0.25, 0.3) is 0 Å². The minimum Gasteiger partial charge on any atom is -0.304 e. The zero-order valence-corrected chi connectivity index (χ0v) is 11.5. The molecule has 0 radical (unpaired) electrons. The number of halogens is 2. The third kappa shape index (κ3) is 4.05. The number of hydrogen-bond donors (Lipinski definition) is 1. The maximum absolute atomic E-state index is 12.5. The van der Waals surface area contributed by atoms with Crippen LogP contribution < -0.4 is 5.32 Å². The van der Waals surface area contributed by atoms with Crippen molar-refractivity contribution in [1.29, 1.82) is 0 Å². The summed E-state index contributed by atoms with van der Waals surface area (Å²) < 4.78 is 25.0. The van der Waals surface area contributed by atoms with E-state index in [9.17, 15) is 8.78 Å². The standard InChI is InChI=1S/C12H15F2N.C3H8/c1-2-8-3-4-9-6-11(12(13)14)15-7-10(9)5-8;1-3-2/h3-5,11-12,15H,2,6-7H2,1H3;3H2,1-2H3. The second-order valence-corrected chi connectivity index (χ2v) is 4.69. The first-order chi connectivity index (χ1) is 8.62. The van der Waals surface area contributed by atoms with Crippen LogP contribution in [0.3, 0.4) is 0 Å². The number of rotatable bonds is 2. The van der Waals surface area contributed by atoms with Gasteiger partial charge in [-0.25, -0.2) is 8.78 Å². The predicted molar refractivity (Wildman–Crippen MR) is 72.1 cm³/mol. The molecule has 0 bridgehead atoms. The number of alkyl halides is 2. The van der Waals surface area contributed by atoms with Gasteiger partial charge in [0, 0.05) is 6.54 Å². The molecule has 2 rings (SSSR count). The fourth-order valence-electron chi connectivity index (χ4n) is 1.99. The molecule has 1 aliphatic heterocycles. The molecular formula is C15H23F2N. The van der Waals surface area contributed by atoms with Crippen LogP contribution in [0.1, 0.15) is 43.9 Å². The van der Waals surface area contributed by atoms with Gasteiger partial charge in [-0.05, 0) is 29.5 Å². The molecule has 0 aromatic heterocycles. The van der Waals surface area contributed by atoms with E-state index in [-0.39, 0.29) is 0 Å². The Kier molecular flexibility index (Phi) is 6.27. The molecule has 1 heterocycles. The third-order valence-corrected chi connectivity index (χ3v) is 2.98. The molecule has 1 atom stereocenters. The Bertz CT molecular complexity index is 364. The fraction of sp³-hybridized carbons (Fsp3) is 0.600. The first kappa shape index (κ1) is 15.1. The summed E-state index contributed by atoms with van der Waals surface area (Å²) in [5, 5.41) is 2.88. The number of nitrogens with one attached hydrogen (secondary N) is 1. The van der Waals surface area contributed by atoms with Gasteiger partial charge in [0.15, 0.2) is 0 Å². The van der Waals surface area contributed by atoms with Crippen LogP contribution in [0, 0.1) is 0 Å². The molecule has 18 heavy (non-hydrogen) atoms. The van der Waals surface area contributed by atoms with Crippen molar-refractivity contribution < 1.29 is 8.78 Å². The lowest BCUT2D eigenvalue weighted by molar-refractivity contribution is 0.0942. The topological polar surface area (TPSA) is 12.0 Å². The van der Waals surface area contributed by atoms with Gasteiger partial charge in [-0.3, -0.25) is 0 Å². The molecule has 0 saturated carbocycles. The van der Waals surface area contributed by atoms with Crippen molar-refractivity contribution in [2.75, 3.05) is 0 Å². The number of aryl methyl sites for hydroxylation is 1. The zero-order valence-electron chi connectivity index (χ0n) is 11.5. The summed E-state index contributed by atoms with van der Waals surface area (Å²) in [4.78, 5) is 0. The van der Waals surface area contributed by atoms with Crippen molar-refractivity contribution in [3.05, 3.63) is 34.9 Å². The summed E-state index contributed by atoms with van der Waals surface area (Å²) in [6.07, 6.45) is 0.409. The maximum atomic E-state index is 12.5. The molecule has 0 aliphatic carbocycles. The Labute approximate surface area is 109 Å². The van der Waals surface area contributed by atoms with Crippen LogP contribution in [0.2, 0.25) is 0 Å². The number of hydrogen-bond acceptors (Lipinski definition) is 1. The average Bonchev–Trinajstić information content (AvgIpc) is 2.38. The Morgan fingerprint density at radius 1 is 1.22 bits per heavy atom. The number of fused-ring (bicyclic) bond motifs is 1. The zero-order chi connectivity index (χ0) is 13.5.